The fourth-order valence-corrected chi connectivity index (χ4v) is 2.98. The molecule has 0 unspecified atom stereocenters. The van der Waals surface area contributed by atoms with Crippen LogP contribution in [0.15, 0.2) is 12.2 Å². The summed E-state index contributed by atoms with van der Waals surface area (Å²) in [5.41, 5.74) is 0. The minimum absolute atomic E-state index is 0.131. The van der Waals surface area contributed by atoms with E-state index in [1.54, 1.807) is 19.1 Å². The van der Waals surface area contributed by atoms with Gasteiger partial charge in [0.25, 0.3) is 0 Å². The van der Waals surface area contributed by atoms with Crippen LogP contribution in [-0.4, -0.2) is 117 Å². The molecule has 0 saturated carbocycles. The van der Waals surface area contributed by atoms with Gasteiger partial charge in [0.15, 0.2) is 6.29 Å². The SMILES string of the molecule is CC=CCOC[C@@]1(O[C@H]2O[C@H](CO)[C@@H](O)[C@H](O)[C@H]2O)O[C@H](CO)[C@@H](O)[C@@H]1O. The highest BCUT2D eigenvalue weighted by Gasteiger charge is 2.58. The smallest absolute Gasteiger partial charge is 0.224 e. The second-order valence-corrected chi connectivity index (χ2v) is 6.49. The van der Waals surface area contributed by atoms with Gasteiger partial charge >= 0.3 is 0 Å². The zero-order chi connectivity index (χ0) is 20.2. The van der Waals surface area contributed by atoms with Crippen LogP contribution in [0.5, 0.6) is 0 Å². The number of rotatable bonds is 8. The molecule has 0 aliphatic carbocycles. The summed E-state index contributed by atoms with van der Waals surface area (Å²) in [4.78, 5) is 0. The van der Waals surface area contributed by atoms with Crippen molar-refractivity contribution in [3.63, 3.8) is 0 Å². The summed E-state index contributed by atoms with van der Waals surface area (Å²) >= 11 is 0. The van der Waals surface area contributed by atoms with Gasteiger partial charge in [-0.3, -0.25) is 0 Å². The van der Waals surface area contributed by atoms with Crippen molar-refractivity contribution in [1.29, 1.82) is 0 Å². The standard InChI is InChI=1S/C16H28O11/c1-2-3-4-24-7-16(14(23)11(20)9(6-18)26-16)27-15-13(22)12(21)10(19)8(5-17)25-15/h2-3,8-15,17-23H,4-7H2,1H3/t8-,9-,10-,11-,12+,13-,14+,15-,16+/m1/s1. The Morgan fingerprint density at radius 1 is 0.926 bits per heavy atom. The van der Waals surface area contributed by atoms with Crippen LogP contribution in [0.3, 0.4) is 0 Å². The number of aliphatic hydroxyl groups excluding tert-OH is 7. The molecule has 2 rings (SSSR count). The first-order chi connectivity index (χ1) is 12.8. The molecule has 27 heavy (non-hydrogen) atoms. The van der Waals surface area contributed by atoms with Crippen molar-refractivity contribution in [1.82, 2.24) is 0 Å². The quantitative estimate of drug-likeness (QED) is 0.158. The molecule has 0 spiro atoms. The summed E-state index contributed by atoms with van der Waals surface area (Å²) in [5.74, 6) is -2.03. The fraction of sp³-hybridized carbons (Fsp3) is 0.875. The molecule has 2 aliphatic heterocycles. The van der Waals surface area contributed by atoms with Crippen LogP contribution in [0, 0.1) is 0 Å². The molecule has 0 aromatic rings. The van der Waals surface area contributed by atoms with E-state index in [1.807, 2.05) is 0 Å². The van der Waals surface area contributed by atoms with Gasteiger partial charge < -0.3 is 54.7 Å². The van der Waals surface area contributed by atoms with Gasteiger partial charge in [0.2, 0.25) is 5.79 Å². The van der Waals surface area contributed by atoms with Crippen LogP contribution in [0.2, 0.25) is 0 Å². The molecule has 9 atom stereocenters. The van der Waals surface area contributed by atoms with Crippen molar-refractivity contribution >= 4 is 0 Å². The first-order valence-corrected chi connectivity index (χ1v) is 8.63. The number of hydrogen-bond donors (Lipinski definition) is 7. The maximum atomic E-state index is 10.4. The second kappa shape index (κ2) is 9.67. The monoisotopic (exact) mass is 396 g/mol. The van der Waals surface area contributed by atoms with E-state index < -0.39 is 74.6 Å². The van der Waals surface area contributed by atoms with E-state index in [4.69, 9.17) is 18.9 Å². The fourth-order valence-electron chi connectivity index (χ4n) is 2.98. The normalized spacial score (nSPS) is 45.6. The highest BCUT2D eigenvalue weighted by Crippen LogP contribution is 2.36. The van der Waals surface area contributed by atoms with E-state index in [-0.39, 0.29) is 6.61 Å². The number of aliphatic hydroxyl groups is 7. The predicted octanol–water partition coefficient (Wildman–Crippen LogP) is -3.80. The molecule has 0 aromatic heterocycles. The van der Waals surface area contributed by atoms with E-state index in [0.717, 1.165) is 0 Å². The van der Waals surface area contributed by atoms with Gasteiger partial charge in [0.1, 0.15) is 49.3 Å². The molecule has 7 N–H and O–H groups in total. The molecular formula is C16H28O11. The Hall–Kier alpha value is -0.700. The summed E-state index contributed by atoms with van der Waals surface area (Å²) < 4.78 is 21.6. The topological polar surface area (TPSA) is 179 Å². The highest BCUT2D eigenvalue weighted by molar-refractivity contribution is 4.99. The van der Waals surface area contributed by atoms with E-state index in [9.17, 15) is 35.7 Å². The van der Waals surface area contributed by atoms with E-state index in [1.165, 1.54) is 0 Å². The summed E-state index contributed by atoms with van der Waals surface area (Å²) in [7, 11) is 0. The summed E-state index contributed by atoms with van der Waals surface area (Å²) in [6.45, 7) is 0.219. The molecule has 11 heteroatoms. The summed E-state index contributed by atoms with van der Waals surface area (Å²) in [6.07, 6.45) is -8.84. The van der Waals surface area contributed by atoms with Crippen molar-refractivity contribution < 1.29 is 54.7 Å². The van der Waals surface area contributed by atoms with Crippen LogP contribution in [0.25, 0.3) is 0 Å². The number of ether oxygens (including phenoxy) is 4. The van der Waals surface area contributed by atoms with Gasteiger partial charge in [0, 0.05) is 0 Å². The number of hydrogen-bond acceptors (Lipinski definition) is 11. The lowest BCUT2D eigenvalue weighted by molar-refractivity contribution is -0.385. The first kappa shape index (κ1) is 22.6. The molecule has 2 heterocycles. The number of allylic oxidation sites excluding steroid dienone is 1. The molecular weight excluding hydrogens is 368 g/mol. The predicted molar refractivity (Wildman–Crippen MR) is 87.2 cm³/mol. The molecule has 0 amide bonds. The van der Waals surface area contributed by atoms with Crippen molar-refractivity contribution in [2.75, 3.05) is 26.4 Å². The molecule has 2 saturated heterocycles. The largest absolute Gasteiger partial charge is 0.394 e. The van der Waals surface area contributed by atoms with Crippen molar-refractivity contribution in [2.45, 2.75) is 61.7 Å². The van der Waals surface area contributed by atoms with Gasteiger partial charge in [-0.05, 0) is 6.92 Å². The highest BCUT2D eigenvalue weighted by atomic mass is 16.8. The minimum atomic E-state index is -2.03. The molecule has 11 nitrogen and oxygen atoms in total. The Kier molecular flexibility index (Phi) is 8.09. The average molecular weight is 396 g/mol. The minimum Gasteiger partial charge on any atom is -0.394 e. The Balaban J connectivity index is 2.20. The maximum Gasteiger partial charge on any atom is 0.224 e. The van der Waals surface area contributed by atoms with Gasteiger partial charge in [-0.1, -0.05) is 12.2 Å². The first-order valence-electron chi connectivity index (χ1n) is 8.63. The van der Waals surface area contributed by atoms with Crippen LogP contribution < -0.4 is 0 Å². The molecule has 0 radical (unpaired) electrons. The summed E-state index contributed by atoms with van der Waals surface area (Å²) in [5, 5.41) is 68.9. The Bertz CT molecular complexity index is 487. The lowest BCUT2D eigenvalue weighted by Crippen LogP contribution is -2.62. The third-order valence-corrected chi connectivity index (χ3v) is 4.60. The maximum absolute atomic E-state index is 10.4. The molecule has 0 bridgehead atoms. The average Bonchev–Trinajstić information content (AvgIpc) is 2.90. The van der Waals surface area contributed by atoms with E-state index in [2.05, 4.69) is 0 Å². The van der Waals surface area contributed by atoms with Gasteiger partial charge in [0.05, 0.1) is 19.8 Å². The van der Waals surface area contributed by atoms with Crippen molar-refractivity contribution in [2.24, 2.45) is 0 Å². The molecule has 0 aromatic carbocycles. The van der Waals surface area contributed by atoms with Crippen LogP contribution in [0.4, 0.5) is 0 Å². The van der Waals surface area contributed by atoms with Crippen LogP contribution in [-0.2, 0) is 18.9 Å². The third kappa shape index (κ3) is 4.66. The van der Waals surface area contributed by atoms with Gasteiger partial charge in [-0.2, -0.15) is 0 Å². The van der Waals surface area contributed by atoms with Gasteiger partial charge in [-0.25, -0.2) is 0 Å². The Morgan fingerprint density at radius 2 is 1.59 bits per heavy atom. The van der Waals surface area contributed by atoms with E-state index in [0.29, 0.717) is 0 Å². The molecule has 2 aliphatic rings. The Morgan fingerprint density at radius 3 is 2.15 bits per heavy atom. The molecule has 158 valence electrons. The Labute approximate surface area is 156 Å². The third-order valence-electron chi connectivity index (χ3n) is 4.60. The van der Waals surface area contributed by atoms with Gasteiger partial charge in [-0.15, -0.1) is 0 Å². The lowest BCUT2D eigenvalue weighted by atomic mass is 9.99. The van der Waals surface area contributed by atoms with Crippen LogP contribution >= 0.6 is 0 Å². The van der Waals surface area contributed by atoms with Crippen LogP contribution in [0.1, 0.15) is 6.92 Å². The zero-order valence-electron chi connectivity index (χ0n) is 14.9. The van der Waals surface area contributed by atoms with E-state index >= 15 is 0 Å². The zero-order valence-corrected chi connectivity index (χ0v) is 14.9. The lowest BCUT2D eigenvalue weighted by Gasteiger charge is -2.43. The summed E-state index contributed by atoms with van der Waals surface area (Å²) in [6, 6.07) is 0. The van der Waals surface area contributed by atoms with Crippen molar-refractivity contribution in [3.8, 4) is 0 Å². The second-order valence-electron chi connectivity index (χ2n) is 6.49. The van der Waals surface area contributed by atoms with Crippen molar-refractivity contribution in [3.05, 3.63) is 12.2 Å². The molecule has 2 fully saturated rings.